The van der Waals surface area contributed by atoms with Gasteiger partial charge >= 0.3 is 0 Å². The molecule has 1 aromatic carbocycles. The highest BCUT2D eigenvalue weighted by Crippen LogP contribution is 2.23. The van der Waals surface area contributed by atoms with Crippen molar-refractivity contribution in [2.24, 2.45) is 7.05 Å². The lowest BCUT2D eigenvalue weighted by Gasteiger charge is -2.17. The van der Waals surface area contributed by atoms with Crippen LogP contribution in [0.4, 0.5) is 0 Å². The number of aryl methyl sites for hydroxylation is 2. The molecular weight excluding hydrogens is 262 g/mol. The van der Waals surface area contributed by atoms with E-state index in [1.165, 1.54) is 11.1 Å². The van der Waals surface area contributed by atoms with Crippen LogP contribution in [-0.2, 0) is 13.5 Å². The summed E-state index contributed by atoms with van der Waals surface area (Å²) in [6, 6.07) is 8.71. The van der Waals surface area contributed by atoms with E-state index in [1.807, 2.05) is 31.0 Å². The Hall–Kier alpha value is -1.81. The van der Waals surface area contributed by atoms with E-state index in [2.05, 4.69) is 41.7 Å². The molecule has 0 fully saturated rings. The lowest BCUT2D eigenvalue weighted by molar-refractivity contribution is 0.316. The van der Waals surface area contributed by atoms with E-state index < -0.39 is 0 Å². The van der Waals surface area contributed by atoms with Crippen LogP contribution in [0, 0.1) is 0 Å². The van der Waals surface area contributed by atoms with Crippen molar-refractivity contribution in [3.8, 4) is 5.75 Å². The smallest absolute Gasteiger partial charge is 0.119 e. The Labute approximate surface area is 127 Å². The maximum absolute atomic E-state index is 5.72. The lowest BCUT2D eigenvalue weighted by atomic mass is 10.00. The molecule has 4 heteroatoms. The minimum atomic E-state index is 0.329. The van der Waals surface area contributed by atoms with Gasteiger partial charge in [0.25, 0.3) is 0 Å². The molecular formula is C17H25N3O. The van der Waals surface area contributed by atoms with Crippen molar-refractivity contribution in [2.75, 3.05) is 13.7 Å². The molecule has 0 spiro atoms. The van der Waals surface area contributed by atoms with Gasteiger partial charge in [-0.25, -0.2) is 0 Å². The summed E-state index contributed by atoms with van der Waals surface area (Å²) in [7, 11) is 3.96. The molecule has 0 radical (unpaired) electrons. The van der Waals surface area contributed by atoms with Crippen LogP contribution in [0.3, 0.4) is 0 Å². The average molecular weight is 287 g/mol. The molecule has 1 N–H and O–H groups in total. The third kappa shape index (κ3) is 4.60. The molecule has 0 aliphatic rings. The molecule has 1 unspecified atom stereocenters. The number of nitrogens with one attached hydrogen (secondary N) is 1. The minimum absolute atomic E-state index is 0.329. The first-order valence-electron chi connectivity index (χ1n) is 7.60. The van der Waals surface area contributed by atoms with E-state index in [1.54, 1.807) is 0 Å². The van der Waals surface area contributed by atoms with Gasteiger partial charge in [-0.3, -0.25) is 4.68 Å². The third-order valence-electron chi connectivity index (χ3n) is 3.56. The molecule has 1 heterocycles. The topological polar surface area (TPSA) is 39.1 Å². The van der Waals surface area contributed by atoms with Crippen molar-refractivity contribution in [1.82, 2.24) is 15.1 Å². The molecule has 21 heavy (non-hydrogen) atoms. The first kappa shape index (κ1) is 15.6. The Balaban J connectivity index is 1.99. The zero-order chi connectivity index (χ0) is 15.1. The SMILES string of the molecule is CCCOc1cccc(C(CCc2cnn(C)c2)NC)c1. The van der Waals surface area contributed by atoms with Crippen LogP contribution in [0.5, 0.6) is 5.75 Å². The Morgan fingerprint density at radius 3 is 2.90 bits per heavy atom. The fourth-order valence-electron chi connectivity index (χ4n) is 2.43. The molecule has 0 bridgehead atoms. The molecule has 114 valence electrons. The predicted molar refractivity (Wildman–Crippen MR) is 85.6 cm³/mol. The molecule has 0 saturated heterocycles. The van der Waals surface area contributed by atoms with Crippen LogP contribution in [0.2, 0.25) is 0 Å². The summed E-state index contributed by atoms with van der Waals surface area (Å²) in [5.74, 6) is 0.955. The van der Waals surface area contributed by atoms with Gasteiger partial charge in [0.05, 0.1) is 12.8 Å². The van der Waals surface area contributed by atoms with Crippen molar-refractivity contribution in [3.05, 3.63) is 47.8 Å². The summed E-state index contributed by atoms with van der Waals surface area (Å²) in [6.45, 7) is 2.89. The maximum Gasteiger partial charge on any atom is 0.119 e. The number of ether oxygens (including phenoxy) is 1. The van der Waals surface area contributed by atoms with E-state index in [-0.39, 0.29) is 0 Å². The number of nitrogens with zero attached hydrogens (tertiary/aromatic N) is 2. The Morgan fingerprint density at radius 2 is 2.24 bits per heavy atom. The molecule has 0 amide bonds. The molecule has 2 aromatic rings. The van der Waals surface area contributed by atoms with Gasteiger partial charge in [-0.1, -0.05) is 19.1 Å². The Morgan fingerprint density at radius 1 is 1.38 bits per heavy atom. The summed E-state index contributed by atoms with van der Waals surface area (Å²) in [4.78, 5) is 0. The van der Waals surface area contributed by atoms with Crippen LogP contribution in [0.25, 0.3) is 0 Å². The van der Waals surface area contributed by atoms with Crippen LogP contribution in [0.15, 0.2) is 36.7 Å². The van der Waals surface area contributed by atoms with Crippen molar-refractivity contribution in [2.45, 2.75) is 32.2 Å². The second-order valence-corrected chi connectivity index (χ2v) is 5.32. The summed E-state index contributed by atoms with van der Waals surface area (Å²) < 4.78 is 7.57. The van der Waals surface area contributed by atoms with Gasteiger partial charge in [0, 0.05) is 19.3 Å². The van der Waals surface area contributed by atoms with E-state index in [4.69, 9.17) is 4.74 Å². The number of hydrogen-bond acceptors (Lipinski definition) is 3. The number of aromatic nitrogens is 2. The standard InChI is InChI=1S/C17H25N3O/c1-4-10-21-16-7-5-6-15(11-16)17(18-2)9-8-14-12-19-20(3)13-14/h5-7,11-13,17-18H,4,8-10H2,1-3H3. The Bertz CT molecular complexity index is 550. The first-order chi connectivity index (χ1) is 10.2. The second kappa shape index (κ2) is 7.84. The molecule has 0 aliphatic carbocycles. The molecule has 1 aromatic heterocycles. The Kier molecular flexibility index (Phi) is 5.81. The fourth-order valence-corrected chi connectivity index (χ4v) is 2.43. The van der Waals surface area contributed by atoms with Gasteiger partial charge in [0.15, 0.2) is 0 Å². The van der Waals surface area contributed by atoms with Crippen LogP contribution in [0.1, 0.15) is 36.9 Å². The maximum atomic E-state index is 5.72. The van der Waals surface area contributed by atoms with E-state index in [0.717, 1.165) is 31.6 Å². The molecule has 1 atom stereocenters. The zero-order valence-electron chi connectivity index (χ0n) is 13.2. The predicted octanol–water partition coefficient (Wildman–Crippen LogP) is 3.10. The summed E-state index contributed by atoms with van der Waals surface area (Å²) in [6.07, 6.45) is 7.10. The highest BCUT2D eigenvalue weighted by molar-refractivity contribution is 5.30. The summed E-state index contributed by atoms with van der Waals surface area (Å²) in [5.41, 5.74) is 2.55. The minimum Gasteiger partial charge on any atom is -0.494 e. The van der Waals surface area contributed by atoms with Gasteiger partial charge in [0.2, 0.25) is 0 Å². The monoisotopic (exact) mass is 287 g/mol. The van der Waals surface area contributed by atoms with Crippen molar-refractivity contribution in [1.29, 1.82) is 0 Å². The van der Waals surface area contributed by atoms with Crippen LogP contribution < -0.4 is 10.1 Å². The third-order valence-corrected chi connectivity index (χ3v) is 3.56. The van der Waals surface area contributed by atoms with Crippen molar-refractivity contribution >= 4 is 0 Å². The normalized spacial score (nSPS) is 12.3. The summed E-state index contributed by atoms with van der Waals surface area (Å²) >= 11 is 0. The van der Waals surface area contributed by atoms with Gasteiger partial charge in [0.1, 0.15) is 5.75 Å². The lowest BCUT2D eigenvalue weighted by Crippen LogP contribution is -2.17. The quantitative estimate of drug-likeness (QED) is 0.811. The van der Waals surface area contributed by atoms with Crippen molar-refractivity contribution < 1.29 is 4.74 Å². The van der Waals surface area contributed by atoms with Gasteiger partial charge in [-0.05, 0) is 49.6 Å². The number of hydrogen-bond donors (Lipinski definition) is 1. The highest BCUT2D eigenvalue weighted by Gasteiger charge is 2.11. The molecule has 4 nitrogen and oxygen atoms in total. The number of rotatable bonds is 8. The van der Waals surface area contributed by atoms with Gasteiger partial charge < -0.3 is 10.1 Å². The van der Waals surface area contributed by atoms with Gasteiger partial charge in [-0.2, -0.15) is 5.10 Å². The van der Waals surface area contributed by atoms with Crippen LogP contribution >= 0.6 is 0 Å². The number of benzene rings is 1. The summed E-state index contributed by atoms with van der Waals surface area (Å²) in [5, 5.41) is 7.61. The van der Waals surface area contributed by atoms with Crippen LogP contribution in [-0.4, -0.2) is 23.4 Å². The fraction of sp³-hybridized carbons (Fsp3) is 0.471. The van der Waals surface area contributed by atoms with Gasteiger partial charge in [-0.15, -0.1) is 0 Å². The van der Waals surface area contributed by atoms with E-state index in [0.29, 0.717) is 6.04 Å². The molecule has 2 rings (SSSR count). The first-order valence-corrected chi connectivity index (χ1v) is 7.60. The average Bonchev–Trinajstić information content (AvgIpc) is 2.92. The highest BCUT2D eigenvalue weighted by atomic mass is 16.5. The van der Waals surface area contributed by atoms with E-state index >= 15 is 0 Å². The molecule has 0 aliphatic heterocycles. The largest absolute Gasteiger partial charge is 0.494 e. The molecule has 0 saturated carbocycles. The van der Waals surface area contributed by atoms with Crippen molar-refractivity contribution in [3.63, 3.8) is 0 Å². The van der Waals surface area contributed by atoms with E-state index in [9.17, 15) is 0 Å². The zero-order valence-corrected chi connectivity index (χ0v) is 13.2. The second-order valence-electron chi connectivity index (χ2n) is 5.32.